The van der Waals surface area contributed by atoms with E-state index in [1.807, 2.05) is 0 Å². The van der Waals surface area contributed by atoms with Crippen molar-refractivity contribution in [3.05, 3.63) is 35.4 Å². The Hall–Kier alpha value is -1.56. The molecule has 0 aliphatic carbocycles. The lowest BCUT2D eigenvalue weighted by molar-refractivity contribution is 0.628. The first-order valence-corrected chi connectivity index (χ1v) is 3.49. The van der Waals surface area contributed by atoms with Crippen LogP contribution < -0.4 is 4.90 Å². The minimum atomic E-state index is -0.314. The molecule has 1 aromatic carbocycles. The highest BCUT2D eigenvalue weighted by Crippen LogP contribution is 2.27. The van der Waals surface area contributed by atoms with Crippen molar-refractivity contribution in [3.8, 4) is 0 Å². The molecule has 0 unspecified atom stereocenters. The summed E-state index contributed by atoms with van der Waals surface area (Å²) in [6, 6.07) is 4.13. The third-order valence-corrected chi connectivity index (χ3v) is 1.54. The molecule has 12 heavy (non-hydrogen) atoms. The first-order chi connectivity index (χ1) is 5.65. The predicted molar refractivity (Wildman–Crippen MR) is 47.0 cm³/mol. The lowest BCUT2D eigenvalue weighted by atomic mass is 10.2. The molecule has 0 radical (unpaired) electrons. The zero-order valence-electron chi connectivity index (χ0n) is 7.00. The number of rotatable bonds is 1. The van der Waals surface area contributed by atoms with E-state index in [2.05, 4.69) is 4.85 Å². The molecule has 0 aromatic heterocycles. The summed E-state index contributed by atoms with van der Waals surface area (Å²) in [5, 5.41) is 0. The molecule has 1 aromatic rings. The maximum Gasteiger partial charge on any atom is 0.209 e. The molecule has 0 spiro atoms. The van der Waals surface area contributed by atoms with Gasteiger partial charge in [-0.1, -0.05) is 6.07 Å². The minimum Gasteiger partial charge on any atom is -0.386 e. The van der Waals surface area contributed by atoms with E-state index >= 15 is 0 Å². The van der Waals surface area contributed by atoms with Gasteiger partial charge in [-0.05, 0) is 12.1 Å². The number of anilines is 1. The molecule has 0 fully saturated rings. The third-order valence-electron chi connectivity index (χ3n) is 1.54. The van der Waals surface area contributed by atoms with E-state index in [9.17, 15) is 4.39 Å². The van der Waals surface area contributed by atoms with Gasteiger partial charge in [0.2, 0.25) is 5.69 Å². The Morgan fingerprint density at radius 3 is 2.58 bits per heavy atom. The standard InChI is InChI=1S/C9H9FN2/c1-11-8-5-4-7(10)6-9(8)12(2)3/h4-6H,2-3H3. The monoisotopic (exact) mass is 164 g/mol. The van der Waals surface area contributed by atoms with Crippen molar-refractivity contribution in [2.75, 3.05) is 19.0 Å². The molecule has 0 aliphatic heterocycles. The van der Waals surface area contributed by atoms with Crippen LogP contribution in [0.4, 0.5) is 15.8 Å². The van der Waals surface area contributed by atoms with Crippen molar-refractivity contribution in [3.63, 3.8) is 0 Å². The van der Waals surface area contributed by atoms with E-state index in [4.69, 9.17) is 6.57 Å². The first kappa shape index (κ1) is 8.54. The quantitative estimate of drug-likeness (QED) is 0.578. The number of halogens is 1. The van der Waals surface area contributed by atoms with Crippen LogP contribution in [-0.2, 0) is 0 Å². The highest BCUT2D eigenvalue weighted by Gasteiger charge is 2.04. The molecule has 0 bridgehead atoms. The molecule has 0 heterocycles. The fraction of sp³-hybridized carbons (Fsp3) is 0.222. The van der Waals surface area contributed by atoms with Gasteiger partial charge >= 0.3 is 0 Å². The Morgan fingerprint density at radius 1 is 1.42 bits per heavy atom. The lowest BCUT2D eigenvalue weighted by Crippen LogP contribution is -2.08. The van der Waals surface area contributed by atoms with Crippen LogP contribution in [0.5, 0.6) is 0 Å². The van der Waals surface area contributed by atoms with Crippen LogP contribution in [0.2, 0.25) is 0 Å². The van der Waals surface area contributed by atoms with E-state index in [1.165, 1.54) is 18.2 Å². The van der Waals surface area contributed by atoms with Crippen molar-refractivity contribution in [2.24, 2.45) is 0 Å². The second kappa shape index (κ2) is 3.22. The molecular weight excluding hydrogens is 155 g/mol. The SMILES string of the molecule is [C-]#[N+]c1ccc(F)cc1N(C)C. The molecule has 3 heteroatoms. The Kier molecular flexibility index (Phi) is 2.29. The van der Waals surface area contributed by atoms with Crippen LogP contribution in [0.1, 0.15) is 0 Å². The molecule has 0 atom stereocenters. The summed E-state index contributed by atoms with van der Waals surface area (Å²) in [4.78, 5) is 4.99. The molecule has 0 aliphatic rings. The molecular formula is C9H9FN2. The van der Waals surface area contributed by atoms with Gasteiger partial charge in [0.25, 0.3) is 0 Å². The van der Waals surface area contributed by atoms with Gasteiger partial charge in [0.05, 0.1) is 6.57 Å². The van der Waals surface area contributed by atoms with Gasteiger partial charge in [-0.15, -0.1) is 0 Å². The summed E-state index contributed by atoms with van der Waals surface area (Å²) in [5.41, 5.74) is 1.09. The predicted octanol–water partition coefficient (Wildman–Crippen LogP) is 2.44. The topological polar surface area (TPSA) is 7.60 Å². The van der Waals surface area contributed by atoms with Crippen molar-refractivity contribution in [2.45, 2.75) is 0 Å². The molecule has 0 saturated carbocycles. The maximum absolute atomic E-state index is 12.7. The Balaban J connectivity index is 3.24. The Labute approximate surface area is 71.1 Å². The van der Waals surface area contributed by atoms with Crippen LogP contribution in [0, 0.1) is 12.4 Å². The van der Waals surface area contributed by atoms with Gasteiger partial charge < -0.3 is 4.90 Å². The van der Waals surface area contributed by atoms with E-state index < -0.39 is 0 Å². The number of hydrogen-bond donors (Lipinski definition) is 0. The Morgan fingerprint density at radius 2 is 2.08 bits per heavy atom. The van der Waals surface area contributed by atoms with Crippen LogP contribution >= 0.6 is 0 Å². The van der Waals surface area contributed by atoms with Crippen LogP contribution in [0.15, 0.2) is 18.2 Å². The highest BCUT2D eigenvalue weighted by molar-refractivity contribution is 5.70. The zero-order chi connectivity index (χ0) is 9.14. The number of nitrogens with zero attached hydrogens (tertiary/aromatic N) is 2. The smallest absolute Gasteiger partial charge is 0.209 e. The second-order valence-electron chi connectivity index (χ2n) is 2.64. The van der Waals surface area contributed by atoms with Gasteiger partial charge in [-0.3, -0.25) is 0 Å². The second-order valence-corrected chi connectivity index (χ2v) is 2.64. The van der Waals surface area contributed by atoms with Crippen molar-refractivity contribution in [1.29, 1.82) is 0 Å². The van der Waals surface area contributed by atoms with E-state index in [0.29, 0.717) is 11.4 Å². The molecule has 0 amide bonds. The van der Waals surface area contributed by atoms with Crippen LogP contribution in [-0.4, -0.2) is 14.1 Å². The molecule has 2 nitrogen and oxygen atoms in total. The van der Waals surface area contributed by atoms with E-state index in [0.717, 1.165) is 0 Å². The zero-order valence-corrected chi connectivity index (χ0v) is 7.00. The summed E-state index contributed by atoms with van der Waals surface area (Å²) in [5.74, 6) is -0.314. The molecule has 0 N–H and O–H groups in total. The number of benzene rings is 1. The highest BCUT2D eigenvalue weighted by atomic mass is 19.1. The normalized spacial score (nSPS) is 9.17. The van der Waals surface area contributed by atoms with E-state index in [-0.39, 0.29) is 5.82 Å². The maximum atomic E-state index is 12.7. The number of hydrogen-bond acceptors (Lipinski definition) is 1. The van der Waals surface area contributed by atoms with Crippen molar-refractivity contribution < 1.29 is 4.39 Å². The summed E-state index contributed by atoms with van der Waals surface area (Å²) in [7, 11) is 3.56. The van der Waals surface area contributed by atoms with Crippen LogP contribution in [0.3, 0.4) is 0 Å². The average Bonchev–Trinajstić information content (AvgIpc) is 2.04. The average molecular weight is 164 g/mol. The van der Waals surface area contributed by atoms with Gasteiger partial charge in [0, 0.05) is 19.8 Å². The van der Waals surface area contributed by atoms with E-state index in [1.54, 1.807) is 19.0 Å². The fourth-order valence-corrected chi connectivity index (χ4v) is 0.949. The largest absolute Gasteiger partial charge is 0.386 e. The lowest BCUT2D eigenvalue weighted by Gasteiger charge is -2.13. The van der Waals surface area contributed by atoms with Gasteiger partial charge in [-0.25, -0.2) is 9.24 Å². The summed E-state index contributed by atoms with van der Waals surface area (Å²) in [6.07, 6.45) is 0. The van der Waals surface area contributed by atoms with Crippen molar-refractivity contribution >= 4 is 11.4 Å². The summed E-state index contributed by atoms with van der Waals surface area (Å²) < 4.78 is 12.7. The van der Waals surface area contributed by atoms with Crippen LogP contribution in [0.25, 0.3) is 4.85 Å². The molecule has 1 rings (SSSR count). The molecule has 62 valence electrons. The molecule has 0 saturated heterocycles. The summed E-state index contributed by atoms with van der Waals surface area (Å²) in [6.45, 7) is 6.82. The van der Waals surface area contributed by atoms with Crippen molar-refractivity contribution in [1.82, 2.24) is 0 Å². The summed E-state index contributed by atoms with van der Waals surface area (Å²) >= 11 is 0. The Bertz CT molecular complexity index is 326. The van der Waals surface area contributed by atoms with Gasteiger partial charge in [0.15, 0.2) is 0 Å². The van der Waals surface area contributed by atoms with Gasteiger partial charge in [-0.2, -0.15) is 0 Å². The minimum absolute atomic E-state index is 0.314. The fourth-order valence-electron chi connectivity index (χ4n) is 0.949. The van der Waals surface area contributed by atoms with Gasteiger partial charge in [0.1, 0.15) is 5.82 Å². The first-order valence-electron chi connectivity index (χ1n) is 3.49. The third kappa shape index (κ3) is 1.54.